The molecular weight excluding hydrogens is 244 g/mol. The molecule has 2 heterocycles. The summed E-state index contributed by atoms with van der Waals surface area (Å²) in [4.78, 5) is 5.39. The molecule has 2 aromatic heterocycles. The molecule has 0 amide bonds. The van der Waals surface area contributed by atoms with Crippen molar-refractivity contribution in [2.75, 3.05) is 0 Å². The molecule has 1 unspecified atom stereocenters. The molecule has 0 spiro atoms. The number of hydrogen-bond donors (Lipinski definition) is 0. The third-order valence-electron chi connectivity index (χ3n) is 2.40. The summed E-state index contributed by atoms with van der Waals surface area (Å²) in [5.74, 6) is 1.16. The predicted octanol–water partition coefficient (Wildman–Crippen LogP) is 4.05. The van der Waals surface area contributed by atoms with Crippen LogP contribution in [0.15, 0.2) is 16.0 Å². The molecule has 0 aliphatic carbocycles. The van der Waals surface area contributed by atoms with Gasteiger partial charge in [-0.2, -0.15) is 4.98 Å². The maximum Gasteiger partial charge on any atom is 0.268 e. The topological polar surface area (TPSA) is 38.9 Å². The molecule has 86 valence electrons. The van der Waals surface area contributed by atoms with E-state index in [1.807, 2.05) is 12.3 Å². The number of halogens is 1. The highest BCUT2D eigenvalue weighted by Crippen LogP contribution is 2.30. The first-order chi connectivity index (χ1) is 7.76. The summed E-state index contributed by atoms with van der Waals surface area (Å²) in [5.41, 5.74) is 1.24. The number of aryl methyl sites for hydroxylation is 1. The smallest absolute Gasteiger partial charge is 0.268 e. The molecule has 0 bridgehead atoms. The van der Waals surface area contributed by atoms with Gasteiger partial charge in [-0.15, -0.1) is 22.9 Å². The summed E-state index contributed by atoms with van der Waals surface area (Å²) in [6.07, 6.45) is 1.76. The van der Waals surface area contributed by atoms with Crippen molar-refractivity contribution in [2.45, 2.75) is 32.1 Å². The zero-order chi connectivity index (χ0) is 11.5. The number of nitrogens with zero attached hydrogens (tertiary/aromatic N) is 2. The van der Waals surface area contributed by atoms with Crippen LogP contribution in [0.1, 0.15) is 37.0 Å². The van der Waals surface area contributed by atoms with Crippen LogP contribution < -0.4 is 0 Å². The molecule has 2 aromatic rings. The van der Waals surface area contributed by atoms with E-state index in [2.05, 4.69) is 23.1 Å². The monoisotopic (exact) mass is 256 g/mol. The van der Waals surface area contributed by atoms with Crippen LogP contribution in [0.25, 0.3) is 10.8 Å². The van der Waals surface area contributed by atoms with Crippen LogP contribution in [0.3, 0.4) is 0 Å². The molecule has 0 aromatic carbocycles. The van der Waals surface area contributed by atoms with Crippen LogP contribution in [0.2, 0.25) is 0 Å². The average Bonchev–Trinajstić information content (AvgIpc) is 2.95. The quantitative estimate of drug-likeness (QED) is 0.775. The van der Waals surface area contributed by atoms with Crippen LogP contribution in [0.4, 0.5) is 0 Å². The maximum absolute atomic E-state index is 6.06. The second-order valence-corrected chi connectivity index (χ2v) is 4.90. The summed E-state index contributed by atoms with van der Waals surface area (Å²) in [5, 5.41) is 5.78. The first kappa shape index (κ1) is 11.6. The third-order valence-corrected chi connectivity index (χ3v) is 3.85. The Balaban J connectivity index is 2.31. The number of alkyl halides is 1. The molecule has 0 N–H and O–H groups in total. The van der Waals surface area contributed by atoms with E-state index in [1.165, 1.54) is 5.56 Å². The summed E-state index contributed by atoms with van der Waals surface area (Å²) >= 11 is 7.68. The van der Waals surface area contributed by atoms with Crippen molar-refractivity contribution in [1.29, 1.82) is 0 Å². The fraction of sp³-hybridized carbons (Fsp3) is 0.455. The van der Waals surface area contributed by atoms with E-state index in [1.54, 1.807) is 11.3 Å². The van der Waals surface area contributed by atoms with Gasteiger partial charge < -0.3 is 4.52 Å². The van der Waals surface area contributed by atoms with Crippen LogP contribution in [0, 0.1) is 0 Å². The molecule has 3 nitrogen and oxygen atoms in total. The minimum atomic E-state index is -0.164. The number of thiophene rings is 1. The number of rotatable bonds is 4. The van der Waals surface area contributed by atoms with E-state index in [9.17, 15) is 0 Å². The molecule has 1 atom stereocenters. The minimum absolute atomic E-state index is 0.164. The Bertz CT molecular complexity index is 466. The Labute approximate surface area is 103 Å². The van der Waals surface area contributed by atoms with Crippen LogP contribution >= 0.6 is 22.9 Å². The van der Waals surface area contributed by atoms with Crippen LogP contribution in [-0.2, 0) is 6.42 Å². The number of hydrogen-bond acceptors (Lipinski definition) is 4. The van der Waals surface area contributed by atoms with Crippen LogP contribution in [0.5, 0.6) is 0 Å². The predicted molar refractivity (Wildman–Crippen MR) is 65.9 cm³/mol. The Morgan fingerprint density at radius 2 is 2.31 bits per heavy atom. The van der Waals surface area contributed by atoms with Crippen molar-refractivity contribution in [3.05, 3.63) is 22.8 Å². The number of aromatic nitrogens is 2. The Hall–Kier alpha value is -0.870. The third kappa shape index (κ3) is 2.13. The van der Waals surface area contributed by atoms with Crippen molar-refractivity contribution in [1.82, 2.24) is 10.1 Å². The SMILES string of the molecule is CCc1ccsc1-c1nc(C(Cl)CC)no1. The van der Waals surface area contributed by atoms with E-state index in [4.69, 9.17) is 16.1 Å². The molecule has 0 saturated carbocycles. The lowest BCUT2D eigenvalue weighted by Crippen LogP contribution is -1.90. The van der Waals surface area contributed by atoms with Gasteiger partial charge in [-0.3, -0.25) is 0 Å². The Morgan fingerprint density at radius 3 is 3.00 bits per heavy atom. The molecule has 2 rings (SSSR count). The molecule has 0 saturated heterocycles. The van der Waals surface area contributed by atoms with Crippen molar-refractivity contribution in [3.63, 3.8) is 0 Å². The largest absolute Gasteiger partial charge is 0.333 e. The summed E-state index contributed by atoms with van der Waals surface area (Å²) in [7, 11) is 0. The van der Waals surface area contributed by atoms with Crippen LogP contribution in [-0.4, -0.2) is 10.1 Å². The fourth-order valence-corrected chi connectivity index (χ4v) is 2.44. The minimum Gasteiger partial charge on any atom is -0.333 e. The summed E-state index contributed by atoms with van der Waals surface area (Å²) in [6.45, 7) is 4.11. The van der Waals surface area contributed by atoms with Crippen molar-refractivity contribution >= 4 is 22.9 Å². The van der Waals surface area contributed by atoms with Crippen molar-refractivity contribution in [3.8, 4) is 10.8 Å². The van der Waals surface area contributed by atoms with Gasteiger partial charge in [-0.1, -0.05) is 19.0 Å². The highest BCUT2D eigenvalue weighted by atomic mass is 35.5. The van der Waals surface area contributed by atoms with Crippen molar-refractivity contribution in [2.24, 2.45) is 0 Å². The van der Waals surface area contributed by atoms with Crippen molar-refractivity contribution < 1.29 is 4.52 Å². The lowest BCUT2D eigenvalue weighted by atomic mass is 10.2. The Kier molecular flexibility index (Phi) is 3.61. The standard InChI is InChI=1S/C11H13ClN2OS/c1-3-7-5-6-16-9(7)11-13-10(14-15-11)8(12)4-2/h5-6,8H,3-4H2,1-2H3. The molecule has 0 aliphatic heterocycles. The van der Waals surface area contributed by atoms with Gasteiger partial charge >= 0.3 is 0 Å². The lowest BCUT2D eigenvalue weighted by Gasteiger charge is -1.96. The van der Waals surface area contributed by atoms with E-state index in [0.717, 1.165) is 17.7 Å². The second-order valence-electron chi connectivity index (χ2n) is 3.46. The zero-order valence-electron chi connectivity index (χ0n) is 9.24. The maximum atomic E-state index is 6.06. The Morgan fingerprint density at radius 1 is 1.50 bits per heavy atom. The van der Waals surface area contributed by atoms with E-state index in [-0.39, 0.29) is 5.38 Å². The van der Waals surface area contributed by atoms with Gasteiger partial charge in [0.15, 0.2) is 5.82 Å². The summed E-state index contributed by atoms with van der Waals surface area (Å²) in [6, 6.07) is 2.09. The highest BCUT2D eigenvalue weighted by molar-refractivity contribution is 7.13. The normalized spacial score (nSPS) is 12.9. The van der Waals surface area contributed by atoms with E-state index >= 15 is 0 Å². The van der Waals surface area contributed by atoms with Gasteiger partial charge in [0.2, 0.25) is 0 Å². The van der Waals surface area contributed by atoms with Gasteiger partial charge in [0.25, 0.3) is 5.89 Å². The fourth-order valence-electron chi connectivity index (χ4n) is 1.44. The molecule has 5 heteroatoms. The average molecular weight is 257 g/mol. The van der Waals surface area contributed by atoms with Gasteiger partial charge in [0.1, 0.15) is 0 Å². The highest BCUT2D eigenvalue weighted by Gasteiger charge is 2.17. The molecule has 16 heavy (non-hydrogen) atoms. The first-order valence-corrected chi connectivity index (χ1v) is 6.62. The van der Waals surface area contributed by atoms with Gasteiger partial charge in [0.05, 0.1) is 10.3 Å². The van der Waals surface area contributed by atoms with Gasteiger partial charge in [-0.25, -0.2) is 0 Å². The second kappa shape index (κ2) is 4.97. The van der Waals surface area contributed by atoms with Gasteiger partial charge in [0, 0.05) is 0 Å². The lowest BCUT2D eigenvalue weighted by molar-refractivity contribution is 0.422. The molecule has 0 fully saturated rings. The van der Waals surface area contributed by atoms with E-state index < -0.39 is 0 Å². The molecule has 0 radical (unpaired) electrons. The van der Waals surface area contributed by atoms with E-state index in [0.29, 0.717) is 11.7 Å². The first-order valence-electron chi connectivity index (χ1n) is 5.30. The molecular formula is C11H13ClN2OS. The van der Waals surface area contributed by atoms with Gasteiger partial charge in [-0.05, 0) is 29.9 Å². The zero-order valence-corrected chi connectivity index (χ0v) is 10.8. The summed E-state index contributed by atoms with van der Waals surface area (Å²) < 4.78 is 5.24. The molecule has 0 aliphatic rings.